The van der Waals surface area contributed by atoms with Crippen LogP contribution in [0.5, 0.6) is 5.75 Å². The Balaban J connectivity index is 1.44. The van der Waals surface area contributed by atoms with Gasteiger partial charge in [0, 0.05) is 48.1 Å². The molecule has 4 aromatic rings. The number of para-hydroxylation sites is 1. The number of H-pyrrole nitrogens is 1. The fraction of sp³-hybridized carbons (Fsp3) is 0.303. The summed E-state index contributed by atoms with van der Waals surface area (Å²) in [5, 5.41) is 6.89. The lowest BCUT2D eigenvalue weighted by Gasteiger charge is -2.22. The molecule has 0 saturated heterocycles. The molecule has 0 spiro atoms. The zero-order valence-corrected chi connectivity index (χ0v) is 23.9. The molecule has 0 fully saturated rings. The fourth-order valence-corrected chi connectivity index (χ4v) is 5.13. The van der Waals surface area contributed by atoms with Crippen LogP contribution in [0.25, 0.3) is 10.9 Å². The molecule has 0 bridgehead atoms. The van der Waals surface area contributed by atoms with Gasteiger partial charge in [-0.1, -0.05) is 42.5 Å². The van der Waals surface area contributed by atoms with Crippen molar-refractivity contribution < 1.29 is 19.1 Å². The molecule has 2 atom stereocenters. The molecule has 4 rings (SSSR count). The number of carbonyl (C=O) groups is 3. The molecular formula is C33H39N5O4. The summed E-state index contributed by atoms with van der Waals surface area (Å²) < 4.78 is 5.21. The molecule has 0 unspecified atom stereocenters. The third-order valence-corrected chi connectivity index (χ3v) is 7.39. The number of hydrogen-bond acceptors (Lipinski definition) is 5. The number of rotatable bonds is 15. The monoisotopic (exact) mass is 569 g/mol. The summed E-state index contributed by atoms with van der Waals surface area (Å²) in [6.07, 6.45) is 4.52. The molecule has 0 radical (unpaired) electrons. The first-order valence-electron chi connectivity index (χ1n) is 14.2. The van der Waals surface area contributed by atoms with E-state index in [1.807, 2.05) is 79.0 Å². The van der Waals surface area contributed by atoms with Crippen LogP contribution in [-0.2, 0) is 33.6 Å². The molecule has 220 valence electrons. The van der Waals surface area contributed by atoms with Gasteiger partial charge >= 0.3 is 0 Å². The number of aromatic amines is 1. The lowest BCUT2D eigenvalue weighted by molar-refractivity contribution is -0.133. The number of fused-ring (bicyclic) bond motifs is 1. The van der Waals surface area contributed by atoms with Crippen molar-refractivity contribution >= 4 is 34.3 Å². The topological polar surface area (TPSA) is 152 Å². The summed E-state index contributed by atoms with van der Waals surface area (Å²) in [7, 11) is 1.62. The summed E-state index contributed by atoms with van der Waals surface area (Å²) >= 11 is 0. The minimum atomic E-state index is -0.838. The van der Waals surface area contributed by atoms with E-state index in [4.69, 9.17) is 16.2 Å². The largest absolute Gasteiger partial charge is 0.497 e. The Morgan fingerprint density at radius 3 is 2.45 bits per heavy atom. The number of aryl methyl sites for hydroxylation is 1. The van der Waals surface area contributed by atoms with Gasteiger partial charge in [0.1, 0.15) is 11.8 Å². The summed E-state index contributed by atoms with van der Waals surface area (Å²) in [4.78, 5) is 42.0. The zero-order valence-electron chi connectivity index (χ0n) is 23.9. The normalized spacial score (nSPS) is 12.4. The summed E-state index contributed by atoms with van der Waals surface area (Å²) in [5.74, 6) is -1.09. The number of amides is 3. The Kier molecular flexibility index (Phi) is 10.6. The second-order valence-electron chi connectivity index (χ2n) is 10.5. The van der Waals surface area contributed by atoms with Crippen molar-refractivity contribution in [1.29, 1.82) is 0 Å². The number of ether oxygens (including phenoxy) is 1. The number of nitrogens with two attached hydrogens (primary N) is 2. The SMILES string of the molecule is COc1ccc(CCC[C@H](CC(N)=O)C(=O)N[C@@H](Cc2c[nH]c3ccccc23)C(=O)NCCc2cccc(N)c2)cc1. The lowest BCUT2D eigenvalue weighted by atomic mass is 9.94. The first-order chi connectivity index (χ1) is 20.3. The second-order valence-corrected chi connectivity index (χ2v) is 10.5. The molecule has 1 heterocycles. The molecule has 0 aliphatic heterocycles. The first kappa shape index (κ1) is 30.2. The van der Waals surface area contributed by atoms with Gasteiger partial charge in [0.15, 0.2) is 0 Å². The van der Waals surface area contributed by atoms with Gasteiger partial charge in [-0.15, -0.1) is 0 Å². The van der Waals surface area contributed by atoms with Gasteiger partial charge in [0.2, 0.25) is 17.7 Å². The van der Waals surface area contributed by atoms with E-state index in [2.05, 4.69) is 15.6 Å². The highest BCUT2D eigenvalue weighted by molar-refractivity contribution is 5.91. The van der Waals surface area contributed by atoms with Gasteiger partial charge in [-0.05, 0) is 72.7 Å². The molecule has 0 saturated carbocycles. The quantitative estimate of drug-likeness (QED) is 0.138. The number of methoxy groups -OCH3 is 1. The Morgan fingerprint density at radius 1 is 0.929 bits per heavy atom. The maximum absolute atomic E-state index is 13.5. The molecule has 0 aliphatic carbocycles. The number of carbonyl (C=O) groups excluding carboxylic acids is 3. The van der Waals surface area contributed by atoms with Gasteiger partial charge in [0.25, 0.3) is 0 Å². The van der Waals surface area contributed by atoms with Crippen LogP contribution in [-0.4, -0.2) is 42.4 Å². The molecule has 3 aromatic carbocycles. The van der Waals surface area contributed by atoms with Gasteiger partial charge in [-0.3, -0.25) is 14.4 Å². The van der Waals surface area contributed by atoms with E-state index in [1.165, 1.54) is 0 Å². The van der Waals surface area contributed by atoms with Crippen molar-refractivity contribution in [3.8, 4) is 5.75 Å². The Labute approximate surface area is 246 Å². The minimum Gasteiger partial charge on any atom is -0.497 e. The summed E-state index contributed by atoms with van der Waals surface area (Å²) in [5.41, 5.74) is 16.0. The van der Waals surface area contributed by atoms with Crippen LogP contribution in [0.2, 0.25) is 0 Å². The molecule has 9 heteroatoms. The second kappa shape index (κ2) is 14.7. The molecule has 9 nitrogen and oxygen atoms in total. The molecule has 42 heavy (non-hydrogen) atoms. The van der Waals surface area contributed by atoms with Crippen LogP contribution in [0, 0.1) is 5.92 Å². The van der Waals surface area contributed by atoms with Crippen molar-refractivity contribution in [2.75, 3.05) is 19.4 Å². The third-order valence-electron chi connectivity index (χ3n) is 7.39. The van der Waals surface area contributed by atoms with Gasteiger partial charge in [-0.25, -0.2) is 0 Å². The first-order valence-corrected chi connectivity index (χ1v) is 14.2. The van der Waals surface area contributed by atoms with Gasteiger partial charge in [-0.2, -0.15) is 0 Å². The van der Waals surface area contributed by atoms with Crippen LogP contribution >= 0.6 is 0 Å². The molecule has 1 aromatic heterocycles. The lowest BCUT2D eigenvalue weighted by Crippen LogP contribution is -2.50. The minimum absolute atomic E-state index is 0.0920. The van der Waals surface area contributed by atoms with E-state index in [9.17, 15) is 14.4 Å². The summed E-state index contributed by atoms with van der Waals surface area (Å²) in [6.45, 7) is 0.384. The molecule has 0 aliphatic rings. The van der Waals surface area contributed by atoms with Crippen LogP contribution in [0.15, 0.2) is 79.0 Å². The summed E-state index contributed by atoms with van der Waals surface area (Å²) in [6, 6.07) is 22.2. The fourth-order valence-electron chi connectivity index (χ4n) is 5.13. The predicted molar refractivity (Wildman–Crippen MR) is 165 cm³/mol. The van der Waals surface area contributed by atoms with Crippen molar-refractivity contribution in [3.63, 3.8) is 0 Å². The van der Waals surface area contributed by atoms with Crippen LogP contribution in [0.4, 0.5) is 5.69 Å². The maximum Gasteiger partial charge on any atom is 0.242 e. The van der Waals surface area contributed by atoms with E-state index >= 15 is 0 Å². The Bertz CT molecular complexity index is 1500. The number of hydrogen-bond donors (Lipinski definition) is 5. The number of anilines is 1. The van der Waals surface area contributed by atoms with Crippen molar-refractivity contribution in [3.05, 3.63) is 95.7 Å². The average molecular weight is 570 g/mol. The van der Waals surface area contributed by atoms with Gasteiger partial charge < -0.3 is 31.8 Å². The van der Waals surface area contributed by atoms with E-state index < -0.39 is 17.9 Å². The zero-order chi connectivity index (χ0) is 29.9. The van der Waals surface area contributed by atoms with Crippen LogP contribution < -0.4 is 26.8 Å². The van der Waals surface area contributed by atoms with Crippen molar-refractivity contribution in [2.24, 2.45) is 11.7 Å². The highest BCUT2D eigenvalue weighted by Gasteiger charge is 2.27. The Morgan fingerprint density at radius 2 is 1.71 bits per heavy atom. The predicted octanol–water partition coefficient (Wildman–Crippen LogP) is 3.66. The van der Waals surface area contributed by atoms with E-state index in [1.54, 1.807) is 7.11 Å². The average Bonchev–Trinajstić information content (AvgIpc) is 3.39. The van der Waals surface area contributed by atoms with Crippen LogP contribution in [0.3, 0.4) is 0 Å². The van der Waals surface area contributed by atoms with Crippen LogP contribution in [0.1, 0.15) is 36.0 Å². The maximum atomic E-state index is 13.5. The Hall–Kier alpha value is -4.79. The molecule has 3 amide bonds. The molecular weight excluding hydrogens is 530 g/mol. The number of nitrogens with one attached hydrogen (secondary N) is 3. The standard InChI is InChI=1S/C33H39N5O4/c1-42-27-14-12-22(13-15-27)6-4-8-24(20-31(35)39)32(40)38-30(19-25-21-37-29-11-3-2-10-28(25)29)33(41)36-17-16-23-7-5-9-26(34)18-23/h2-3,5,7,9-15,18,21,24,30,37H,4,6,8,16-17,19-20,34H2,1H3,(H2,35,39)(H,36,41)(H,38,40)/t24-,30+/m1/s1. The third kappa shape index (κ3) is 8.60. The van der Waals surface area contributed by atoms with Crippen molar-refractivity contribution in [1.82, 2.24) is 15.6 Å². The number of benzene rings is 3. The van der Waals surface area contributed by atoms with E-state index in [0.717, 1.165) is 39.8 Å². The smallest absolute Gasteiger partial charge is 0.242 e. The number of primary amides is 1. The van der Waals surface area contributed by atoms with Crippen molar-refractivity contribution in [2.45, 2.75) is 44.6 Å². The van der Waals surface area contributed by atoms with Gasteiger partial charge in [0.05, 0.1) is 7.11 Å². The highest BCUT2D eigenvalue weighted by atomic mass is 16.5. The highest BCUT2D eigenvalue weighted by Crippen LogP contribution is 2.21. The molecule has 7 N–H and O–H groups in total. The number of aromatic nitrogens is 1. The van der Waals surface area contributed by atoms with E-state index in [-0.39, 0.29) is 24.7 Å². The van der Waals surface area contributed by atoms with E-state index in [0.29, 0.717) is 31.5 Å². The number of nitrogen functional groups attached to an aromatic ring is 1.